The number of allylic oxidation sites excluding steroid dienone is 4. The molecule has 0 aliphatic rings. The van der Waals surface area contributed by atoms with Crippen molar-refractivity contribution in [1.29, 1.82) is 0 Å². The molecule has 0 amide bonds. The second-order valence-corrected chi connectivity index (χ2v) is 5.23. The van der Waals surface area contributed by atoms with E-state index in [1.807, 2.05) is 24.5 Å². The third kappa shape index (κ3) is 13.3. The van der Waals surface area contributed by atoms with E-state index in [-0.39, 0.29) is 4.92 Å². The predicted octanol–water partition coefficient (Wildman–Crippen LogP) is 4.94. The first-order valence-electron chi connectivity index (χ1n) is 8.17. The molecule has 1 unspecified atom stereocenters. The van der Waals surface area contributed by atoms with E-state index in [9.17, 15) is 14.9 Å². The van der Waals surface area contributed by atoms with Gasteiger partial charge in [-0.25, -0.2) is 0 Å². The molecule has 4 nitrogen and oxygen atoms in total. The molecule has 1 radical (unpaired) electrons. The van der Waals surface area contributed by atoms with Crippen molar-refractivity contribution in [3.63, 3.8) is 0 Å². The standard InChI is InChI=1S/C18H28NO3/c1-2-3-4-12-15-18(19(21)22)16-13-10-8-6-5-7-9-11-14-17-20/h5-6,10,12-13,15,18H,2-4,7-9,11,14,16H2,1H3/b6-5+,13-10+,15-12+. The van der Waals surface area contributed by atoms with E-state index in [2.05, 4.69) is 19.1 Å². The van der Waals surface area contributed by atoms with Crippen LogP contribution in [0.1, 0.15) is 64.7 Å². The third-order valence-electron chi connectivity index (χ3n) is 3.24. The van der Waals surface area contributed by atoms with Crippen molar-refractivity contribution in [2.45, 2.75) is 70.8 Å². The van der Waals surface area contributed by atoms with E-state index in [0.29, 0.717) is 12.8 Å². The molecule has 4 heteroatoms. The van der Waals surface area contributed by atoms with E-state index in [0.717, 1.165) is 44.9 Å². The van der Waals surface area contributed by atoms with Gasteiger partial charge in [-0.2, -0.15) is 0 Å². The Hall–Kier alpha value is -1.71. The van der Waals surface area contributed by atoms with Gasteiger partial charge in [-0.05, 0) is 38.2 Å². The summed E-state index contributed by atoms with van der Waals surface area (Å²) in [5.74, 6) is 0. The summed E-state index contributed by atoms with van der Waals surface area (Å²) in [6.45, 7) is 2.11. The van der Waals surface area contributed by atoms with Crippen molar-refractivity contribution in [1.82, 2.24) is 0 Å². The van der Waals surface area contributed by atoms with Crippen LogP contribution >= 0.6 is 0 Å². The van der Waals surface area contributed by atoms with Crippen molar-refractivity contribution in [2.24, 2.45) is 0 Å². The number of rotatable bonds is 14. The molecule has 0 aromatic heterocycles. The highest BCUT2D eigenvalue weighted by Crippen LogP contribution is 2.05. The molecule has 0 bridgehead atoms. The molecular weight excluding hydrogens is 278 g/mol. The zero-order valence-corrected chi connectivity index (χ0v) is 13.6. The summed E-state index contributed by atoms with van der Waals surface area (Å²) in [4.78, 5) is 20.7. The van der Waals surface area contributed by atoms with Gasteiger partial charge in [0.15, 0.2) is 6.29 Å². The van der Waals surface area contributed by atoms with Crippen LogP contribution in [0.15, 0.2) is 36.5 Å². The Morgan fingerprint density at radius 1 is 1.05 bits per heavy atom. The zero-order chi connectivity index (χ0) is 16.5. The number of unbranched alkanes of at least 4 members (excludes halogenated alkanes) is 5. The molecule has 0 aromatic carbocycles. The molecule has 0 N–H and O–H groups in total. The quantitative estimate of drug-likeness (QED) is 0.198. The van der Waals surface area contributed by atoms with Crippen LogP contribution in [0.5, 0.6) is 0 Å². The topological polar surface area (TPSA) is 60.2 Å². The molecule has 123 valence electrons. The molecule has 0 heterocycles. The molecule has 0 saturated heterocycles. The summed E-state index contributed by atoms with van der Waals surface area (Å²) in [7, 11) is 0. The summed E-state index contributed by atoms with van der Waals surface area (Å²) in [5, 5.41) is 10.9. The van der Waals surface area contributed by atoms with Crippen molar-refractivity contribution >= 4 is 6.29 Å². The Bertz CT molecular complexity index is 373. The molecule has 0 aliphatic heterocycles. The minimum Gasteiger partial charge on any atom is -0.291 e. The van der Waals surface area contributed by atoms with Crippen molar-refractivity contribution in [3.8, 4) is 0 Å². The Labute approximate surface area is 134 Å². The van der Waals surface area contributed by atoms with Gasteiger partial charge >= 0.3 is 0 Å². The molecule has 0 aromatic rings. The molecule has 0 aliphatic carbocycles. The van der Waals surface area contributed by atoms with E-state index in [1.165, 1.54) is 0 Å². The van der Waals surface area contributed by atoms with Crippen LogP contribution in [0.4, 0.5) is 0 Å². The lowest BCUT2D eigenvalue weighted by Crippen LogP contribution is -2.15. The SMILES string of the molecule is CCCC/C=C/C(C/C=C/C/C=C/CCCC[C]=O)[N+](=O)[O-]. The fourth-order valence-electron chi connectivity index (χ4n) is 1.89. The average molecular weight is 306 g/mol. The Balaban J connectivity index is 3.85. The smallest absolute Gasteiger partial charge is 0.234 e. The fourth-order valence-corrected chi connectivity index (χ4v) is 1.89. The van der Waals surface area contributed by atoms with Gasteiger partial charge in [0.1, 0.15) is 0 Å². The first-order chi connectivity index (χ1) is 10.7. The minimum atomic E-state index is -0.614. The molecule has 0 spiro atoms. The monoisotopic (exact) mass is 306 g/mol. The molecule has 22 heavy (non-hydrogen) atoms. The molecule has 1 atom stereocenters. The largest absolute Gasteiger partial charge is 0.291 e. The van der Waals surface area contributed by atoms with Crippen LogP contribution in [0, 0.1) is 10.1 Å². The summed E-state index contributed by atoms with van der Waals surface area (Å²) in [6.07, 6.45) is 21.2. The molecular formula is C18H28NO3. The van der Waals surface area contributed by atoms with Gasteiger partial charge in [0.2, 0.25) is 6.04 Å². The maximum absolute atomic E-state index is 10.9. The number of carbonyl (C=O) groups excluding carboxylic acids is 1. The first kappa shape index (κ1) is 20.3. The molecule has 0 fully saturated rings. The van der Waals surface area contributed by atoms with Crippen LogP contribution in [-0.4, -0.2) is 17.3 Å². The Morgan fingerprint density at radius 2 is 1.77 bits per heavy atom. The summed E-state index contributed by atoms with van der Waals surface area (Å²) < 4.78 is 0. The van der Waals surface area contributed by atoms with Gasteiger partial charge in [-0.1, -0.05) is 50.1 Å². The van der Waals surface area contributed by atoms with Gasteiger partial charge in [-0.15, -0.1) is 0 Å². The maximum Gasteiger partial charge on any atom is 0.234 e. The maximum atomic E-state index is 10.9. The summed E-state index contributed by atoms with van der Waals surface area (Å²) in [5.41, 5.74) is 0. The lowest BCUT2D eigenvalue weighted by Gasteiger charge is -2.00. The molecule has 0 rings (SSSR count). The minimum absolute atomic E-state index is 0.229. The lowest BCUT2D eigenvalue weighted by molar-refractivity contribution is -0.508. The number of nitrogens with zero attached hydrogens (tertiary/aromatic N) is 1. The second kappa shape index (κ2) is 15.7. The van der Waals surface area contributed by atoms with E-state index < -0.39 is 6.04 Å². The van der Waals surface area contributed by atoms with Gasteiger partial charge in [0, 0.05) is 17.8 Å². The highest BCUT2D eigenvalue weighted by molar-refractivity contribution is 5.50. The van der Waals surface area contributed by atoms with Crippen LogP contribution in [0.25, 0.3) is 0 Å². The number of nitro groups is 1. The van der Waals surface area contributed by atoms with Crippen LogP contribution < -0.4 is 0 Å². The van der Waals surface area contributed by atoms with Crippen LogP contribution in [0.3, 0.4) is 0 Å². The Kier molecular flexibility index (Phi) is 14.5. The van der Waals surface area contributed by atoms with Crippen molar-refractivity contribution < 1.29 is 9.72 Å². The van der Waals surface area contributed by atoms with E-state index >= 15 is 0 Å². The van der Waals surface area contributed by atoms with Crippen LogP contribution in [0.2, 0.25) is 0 Å². The van der Waals surface area contributed by atoms with Gasteiger partial charge in [0.25, 0.3) is 0 Å². The van der Waals surface area contributed by atoms with E-state index in [1.54, 1.807) is 6.08 Å². The zero-order valence-electron chi connectivity index (χ0n) is 13.6. The van der Waals surface area contributed by atoms with Crippen LogP contribution in [-0.2, 0) is 4.79 Å². The fraction of sp³-hybridized carbons (Fsp3) is 0.611. The second-order valence-electron chi connectivity index (χ2n) is 5.23. The number of hydrogen-bond acceptors (Lipinski definition) is 3. The number of hydrogen-bond donors (Lipinski definition) is 0. The highest BCUT2D eigenvalue weighted by atomic mass is 16.6. The highest BCUT2D eigenvalue weighted by Gasteiger charge is 2.12. The van der Waals surface area contributed by atoms with Gasteiger partial charge < -0.3 is 0 Å². The van der Waals surface area contributed by atoms with Crippen molar-refractivity contribution in [3.05, 3.63) is 46.6 Å². The first-order valence-corrected chi connectivity index (χ1v) is 8.17. The Morgan fingerprint density at radius 3 is 2.45 bits per heavy atom. The lowest BCUT2D eigenvalue weighted by atomic mass is 10.1. The normalized spacial score (nSPS) is 13.3. The average Bonchev–Trinajstić information content (AvgIpc) is 2.50. The van der Waals surface area contributed by atoms with Crippen molar-refractivity contribution in [2.75, 3.05) is 0 Å². The third-order valence-corrected chi connectivity index (χ3v) is 3.24. The molecule has 0 saturated carbocycles. The van der Waals surface area contributed by atoms with Gasteiger partial charge in [0.05, 0.1) is 0 Å². The van der Waals surface area contributed by atoms with Gasteiger partial charge in [-0.3, -0.25) is 14.9 Å². The summed E-state index contributed by atoms with van der Waals surface area (Å²) in [6, 6.07) is -0.614. The summed E-state index contributed by atoms with van der Waals surface area (Å²) >= 11 is 0. The van der Waals surface area contributed by atoms with E-state index in [4.69, 9.17) is 0 Å². The predicted molar refractivity (Wildman–Crippen MR) is 91.1 cm³/mol.